The molecule has 21 heavy (non-hydrogen) atoms. The Balaban J connectivity index is 1.88. The van der Waals surface area contributed by atoms with Gasteiger partial charge in [-0.25, -0.2) is 0 Å². The highest BCUT2D eigenvalue weighted by atomic mass is 79.9. The first-order chi connectivity index (χ1) is 10.1. The largest absolute Gasteiger partial charge is 0.398 e. The number of hydrogen-bond donors (Lipinski definition) is 1. The third-order valence-corrected chi connectivity index (χ3v) is 3.77. The van der Waals surface area contributed by atoms with Crippen LogP contribution in [-0.4, -0.2) is 10.1 Å². The van der Waals surface area contributed by atoms with Gasteiger partial charge in [-0.1, -0.05) is 45.4 Å². The van der Waals surface area contributed by atoms with Crippen molar-refractivity contribution in [2.24, 2.45) is 0 Å². The summed E-state index contributed by atoms with van der Waals surface area (Å²) in [6.07, 6.45) is 0.620. The summed E-state index contributed by atoms with van der Waals surface area (Å²) in [6, 6.07) is 13.8. The van der Waals surface area contributed by atoms with Crippen LogP contribution in [0.25, 0.3) is 11.5 Å². The summed E-state index contributed by atoms with van der Waals surface area (Å²) in [5.74, 6) is 1.10. The SMILES string of the molecule is Cc1cccc(-c2nc(Cc3cccc(Br)c3)no2)c1N. The van der Waals surface area contributed by atoms with Gasteiger partial charge in [0.15, 0.2) is 5.82 Å². The van der Waals surface area contributed by atoms with Gasteiger partial charge in [0, 0.05) is 16.6 Å². The third kappa shape index (κ3) is 2.97. The molecule has 0 saturated carbocycles. The molecule has 3 aromatic rings. The van der Waals surface area contributed by atoms with Crippen molar-refractivity contribution in [3.63, 3.8) is 0 Å². The molecule has 0 spiro atoms. The van der Waals surface area contributed by atoms with Crippen LogP contribution < -0.4 is 5.73 Å². The maximum Gasteiger partial charge on any atom is 0.260 e. The number of nitrogens with two attached hydrogens (primary N) is 1. The van der Waals surface area contributed by atoms with Crippen LogP contribution in [0.3, 0.4) is 0 Å². The number of aryl methyl sites for hydroxylation is 1. The van der Waals surface area contributed by atoms with Crippen LogP contribution >= 0.6 is 15.9 Å². The van der Waals surface area contributed by atoms with Gasteiger partial charge in [-0.2, -0.15) is 4.98 Å². The standard InChI is InChI=1S/C16H14BrN3O/c1-10-4-2-7-13(15(10)18)16-19-14(20-21-16)9-11-5-3-6-12(17)8-11/h2-8H,9,18H2,1H3. The molecule has 0 atom stereocenters. The van der Waals surface area contributed by atoms with E-state index in [1.165, 1.54) is 0 Å². The lowest BCUT2D eigenvalue weighted by Gasteiger charge is -2.03. The predicted octanol–water partition coefficient (Wildman–Crippen LogP) is 3.98. The molecule has 0 bridgehead atoms. The molecule has 2 N–H and O–H groups in total. The Morgan fingerprint density at radius 2 is 2.00 bits per heavy atom. The molecule has 106 valence electrons. The molecule has 0 unspecified atom stereocenters. The number of hydrogen-bond acceptors (Lipinski definition) is 4. The maximum absolute atomic E-state index is 6.06. The van der Waals surface area contributed by atoms with Crippen LogP contribution in [0, 0.1) is 6.92 Å². The van der Waals surface area contributed by atoms with Crippen molar-refractivity contribution in [1.29, 1.82) is 0 Å². The van der Waals surface area contributed by atoms with E-state index in [1.54, 1.807) is 0 Å². The number of para-hydroxylation sites is 1. The lowest BCUT2D eigenvalue weighted by molar-refractivity contribution is 0.424. The van der Waals surface area contributed by atoms with E-state index in [0.29, 0.717) is 23.8 Å². The smallest absolute Gasteiger partial charge is 0.260 e. The monoisotopic (exact) mass is 343 g/mol. The molecule has 0 saturated heterocycles. The van der Waals surface area contributed by atoms with Crippen molar-refractivity contribution >= 4 is 21.6 Å². The Labute approximate surface area is 131 Å². The molecule has 4 nitrogen and oxygen atoms in total. The van der Waals surface area contributed by atoms with Gasteiger partial charge in [0.2, 0.25) is 0 Å². The van der Waals surface area contributed by atoms with Gasteiger partial charge in [-0.05, 0) is 36.2 Å². The first-order valence-electron chi connectivity index (χ1n) is 6.56. The average molecular weight is 344 g/mol. The van der Waals surface area contributed by atoms with Crippen molar-refractivity contribution in [3.8, 4) is 11.5 Å². The molecule has 3 rings (SSSR count). The molecular weight excluding hydrogens is 330 g/mol. The highest BCUT2D eigenvalue weighted by molar-refractivity contribution is 9.10. The second-order valence-corrected chi connectivity index (χ2v) is 5.77. The van der Waals surface area contributed by atoms with E-state index >= 15 is 0 Å². The average Bonchev–Trinajstić information content (AvgIpc) is 2.90. The molecule has 0 aliphatic rings. The van der Waals surface area contributed by atoms with Crippen molar-refractivity contribution in [3.05, 3.63) is 63.9 Å². The highest BCUT2D eigenvalue weighted by Crippen LogP contribution is 2.27. The first kappa shape index (κ1) is 13.8. The van der Waals surface area contributed by atoms with Gasteiger partial charge in [-0.15, -0.1) is 0 Å². The molecule has 1 aromatic heterocycles. The van der Waals surface area contributed by atoms with Crippen LogP contribution in [0.5, 0.6) is 0 Å². The Morgan fingerprint density at radius 3 is 2.81 bits per heavy atom. The number of nitrogen functional groups attached to an aromatic ring is 1. The molecule has 5 heteroatoms. The predicted molar refractivity (Wildman–Crippen MR) is 85.8 cm³/mol. The van der Waals surface area contributed by atoms with Gasteiger partial charge in [0.25, 0.3) is 5.89 Å². The number of anilines is 1. The summed E-state index contributed by atoms with van der Waals surface area (Å²) in [5.41, 5.74) is 9.64. The molecule has 2 aromatic carbocycles. The van der Waals surface area contributed by atoms with Crippen LogP contribution in [0.2, 0.25) is 0 Å². The summed E-state index contributed by atoms with van der Waals surface area (Å²) < 4.78 is 6.37. The summed E-state index contributed by atoms with van der Waals surface area (Å²) >= 11 is 3.45. The van der Waals surface area contributed by atoms with Crippen LogP contribution in [0.15, 0.2) is 51.5 Å². The van der Waals surface area contributed by atoms with E-state index in [4.69, 9.17) is 10.3 Å². The fourth-order valence-corrected chi connectivity index (χ4v) is 2.58. The zero-order valence-electron chi connectivity index (χ0n) is 11.5. The fourth-order valence-electron chi connectivity index (χ4n) is 2.13. The quantitative estimate of drug-likeness (QED) is 0.730. The minimum absolute atomic E-state index is 0.459. The Morgan fingerprint density at radius 1 is 1.19 bits per heavy atom. The van der Waals surface area contributed by atoms with E-state index < -0.39 is 0 Å². The third-order valence-electron chi connectivity index (χ3n) is 3.27. The van der Waals surface area contributed by atoms with Gasteiger partial charge >= 0.3 is 0 Å². The summed E-state index contributed by atoms with van der Waals surface area (Å²) in [5, 5.41) is 4.03. The summed E-state index contributed by atoms with van der Waals surface area (Å²) in [6.45, 7) is 1.96. The topological polar surface area (TPSA) is 64.9 Å². The van der Waals surface area contributed by atoms with Crippen LogP contribution in [-0.2, 0) is 6.42 Å². The van der Waals surface area contributed by atoms with E-state index in [9.17, 15) is 0 Å². The van der Waals surface area contributed by atoms with E-state index in [0.717, 1.165) is 21.2 Å². The molecule has 0 amide bonds. The van der Waals surface area contributed by atoms with Gasteiger partial charge in [0.05, 0.1) is 5.56 Å². The number of benzene rings is 2. The molecule has 0 aliphatic carbocycles. The first-order valence-corrected chi connectivity index (χ1v) is 7.35. The fraction of sp³-hybridized carbons (Fsp3) is 0.125. The molecule has 0 fully saturated rings. The maximum atomic E-state index is 6.06. The Bertz CT molecular complexity index is 783. The zero-order chi connectivity index (χ0) is 14.8. The van der Waals surface area contributed by atoms with Crippen molar-refractivity contribution < 1.29 is 4.52 Å². The van der Waals surface area contributed by atoms with E-state index in [-0.39, 0.29) is 0 Å². The van der Waals surface area contributed by atoms with Crippen molar-refractivity contribution in [2.75, 3.05) is 5.73 Å². The Kier molecular flexibility index (Phi) is 3.75. The molecule has 1 heterocycles. The van der Waals surface area contributed by atoms with E-state index in [1.807, 2.05) is 49.4 Å². The molecule has 0 radical (unpaired) electrons. The van der Waals surface area contributed by atoms with Crippen molar-refractivity contribution in [1.82, 2.24) is 10.1 Å². The highest BCUT2D eigenvalue weighted by Gasteiger charge is 2.13. The number of nitrogens with zero attached hydrogens (tertiary/aromatic N) is 2. The molecular formula is C16H14BrN3O. The van der Waals surface area contributed by atoms with Gasteiger partial charge in [0.1, 0.15) is 0 Å². The zero-order valence-corrected chi connectivity index (χ0v) is 13.1. The Hall–Kier alpha value is -2.14. The second kappa shape index (κ2) is 5.69. The van der Waals surface area contributed by atoms with E-state index in [2.05, 4.69) is 26.1 Å². The van der Waals surface area contributed by atoms with Crippen molar-refractivity contribution in [2.45, 2.75) is 13.3 Å². The second-order valence-electron chi connectivity index (χ2n) is 4.86. The number of halogens is 1. The summed E-state index contributed by atoms with van der Waals surface area (Å²) in [4.78, 5) is 4.43. The number of rotatable bonds is 3. The lowest BCUT2D eigenvalue weighted by atomic mass is 10.1. The molecule has 0 aliphatic heterocycles. The number of aromatic nitrogens is 2. The van der Waals surface area contributed by atoms with Gasteiger partial charge < -0.3 is 10.3 Å². The summed E-state index contributed by atoms with van der Waals surface area (Å²) in [7, 11) is 0. The minimum Gasteiger partial charge on any atom is -0.398 e. The normalized spacial score (nSPS) is 10.8. The van der Waals surface area contributed by atoms with Crippen LogP contribution in [0.1, 0.15) is 17.0 Å². The van der Waals surface area contributed by atoms with Gasteiger partial charge in [-0.3, -0.25) is 0 Å². The van der Waals surface area contributed by atoms with Crippen LogP contribution in [0.4, 0.5) is 5.69 Å². The minimum atomic E-state index is 0.459. The lowest BCUT2D eigenvalue weighted by Crippen LogP contribution is -1.94.